The van der Waals surface area contributed by atoms with Crippen LogP contribution in [0.2, 0.25) is 0 Å². The molecule has 0 aromatic rings. The van der Waals surface area contributed by atoms with E-state index in [0.29, 0.717) is 37.0 Å². The van der Waals surface area contributed by atoms with E-state index in [1.807, 2.05) is 20.8 Å². The van der Waals surface area contributed by atoms with E-state index in [2.05, 4.69) is 32.6 Å². The van der Waals surface area contributed by atoms with Gasteiger partial charge < -0.3 is 14.9 Å². The average Bonchev–Trinajstić information content (AvgIpc) is 3.04. The van der Waals surface area contributed by atoms with E-state index in [4.69, 9.17) is 4.74 Å². The first-order valence-electron chi connectivity index (χ1n) is 12.6. The van der Waals surface area contributed by atoms with Gasteiger partial charge in [0.05, 0.1) is 12.2 Å². The monoisotopic (exact) mass is 444 g/mol. The number of aliphatic hydroxyl groups is 2. The van der Waals surface area contributed by atoms with Crippen LogP contribution in [0, 0.1) is 23.2 Å². The normalized spacial score (nSPS) is 36.9. The molecule has 0 heterocycles. The lowest BCUT2D eigenvalue weighted by molar-refractivity contribution is -0.155. The fraction of sp³-hybridized carbons (Fsp3) is 0.750. The van der Waals surface area contributed by atoms with Crippen molar-refractivity contribution in [3.05, 3.63) is 35.5 Å². The van der Waals surface area contributed by atoms with Gasteiger partial charge in [0.1, 0.15) is 5.60 Å². The highest BCUT2D eigenvalue weighted by Gasteiger charge is 2.50. The van der Waals surface area contributed by atoms with E-state index >= 15 is 0 Å². The van der Waals surface area contributed by atoms with Crippen molar-refractivity contribution >= 4 is 5.97 Å². The van der Waals surface area contributed by atoms with Crippen LogP contribution in [0.25, 0.3) is 0 Å². The molecule has 3 fully saturated rings. The highest BCUT2D eigenvalue weighted by atomic mass is 16.6. The van der Waals surface area contributed by atoms with Crippen LogP contribution in [0.4, 0.5) is 0 Å². The maximum absolute atomic E-state index is 12.2. The standard InChI is InChI=1S/C28H44O4/c1-18(9-14-26(31)32-27(3,4)5)23-12-13-24-20(8-7-15-28(23,24)6)10-11-21-16-22(29)17-25(30)19(21)2/h10-11,18,22-25,29-30H,2,7-9,12-17H2,1,3-6H3/b20-10+,21-11-/t18-,22-,23-,24?,25+,28-/m1/s1. The minimum Gasteiger partial charge on any atom is -0.460 e. The lowest BCUT2D eigenvalue weighted by atomic mass is 9.60. The highest BCUT2D eigenvalue weighted by Crippen LogP contribution is 2.59. The van der Waals surface area contributed by atoms with Crippen LogP contribution in [0.1, 0.15) is 92.4 Å². The lowest BCUT2D eigenvalue weighted by Gasteiger charge is -2.44. The Balaban J connectivity index is 1.68. The molecule has 4 nitrogen and oxygen atoms in total. The van der Waals surface area contributed by atoms with Gasteiger partial charge in [0.15, 0.2) is 0 Å². The maximum atomic E-state index is 12.2. The molecule has 1 unspecified atom stereocenters. The summed E-state index contributed by atoms with van der Waals surface area (Å²) in [6.07, 6.45) is 11.6. The maximum Gasteiger partial charge on any atom is 0.306 e. The summed E-state index contributed by atoms with van der Waals surface area (Å²) in [6, 6.07) is 0. The van der Waals surface area contributed by atoms with E-state index in [9.17, 15) is 15.0 Å². The number of hydrogen-bond acceptors (Lipinski definition) is 4. The van der Waals surface area contributed by atoms with Crippen molar-refractivity contribution in [1.82, 2.24) is 0 Å². The van der Waals surface area contributed by atoms with Crippen molar-refractivity contribution in [3.8, 4) is 0 Å². The van der Waals surface area contributed by atoms with E-state index < -0.39 is 17.8 Å². The van der Waals surface area contributed by atoms with Gasteiger partial charge in [-0.25, -0.2) is 0 Å². The molecule has 0 aromatic carbocycles. The Morgan fingerprint density at radius 2 is 2.00 bits per heavy atom. The SMILES string of the molecule is C=C1/C(=C\C=C2/CCC[C@@]3(C)C2CC[C@@H]3[C@H](C)CCC(=O)OC(C)(C)C)C[C@@H](O)C[C@@H]1O. The molecule has 3 rings (SSSR count). The van der Waals surface area contributed by atoms with Gasteiger partial charge >= 0.3 is 5.97 Å². The highest BCUT2D eigenvalue weighted by molar-refractivity contribution is 5.69. The van der Waals surface area contributed by atoms with Crippen molar-refractivity contribution in [2.45, 2.75) is 110 Å². The molecule has 3 saturated carbocycles. The van der Waals surface area contributed by atoms with Gasteiger partial charge in [0.2, 0.25) is 0 Å². The Labute approximate surface area is 194 Å². The smallest absolute Gasteiger partial charge is 0.306 e. The first kappa shape index (κ1) is 25.2. The Kier molecular flexibility index (Phi) is 7.77. The Hall–Kier alpha value is -1.39. The Morgan fingerprint density at radius 3 is 2.69 bits per heavy atom. The van der Waals surface area contributed by atoms with E-state index in [1.54, 1.807) is 0 Å². The molecular weight excluding hydrogens is 400 g/mol. The molecule has 0 radical (unpaired) electrons. The van der Waals surface area contributed by atoms with E-state index in [0.717, 1.165) is 24.0 Å². The first-order valence-corrected chi connectivity index (χ1v) is 12.6. The molecule has 3 aliphatic carbocycles. The number of esters is 1. The van der Waals surface area contributed by atoms with Gasteiger partial charge in [0.25, 0.3) is 0 Å². The lowest BCUT2D eigenvalue weighted by Crippen LogP contribution is -2.36. The Morgan fingerprint density at radius 1 is 1.28 bits per heavy atom. The summed E-state index contributed by atoms with van der Waals surface area (Å²) in [5.74, 6) is 1.61. The summed E-state index contributed by atoms with van der Waals surface area (Å²) in [7, 11) is 0. The van der Waals surface area contributed by atoms with Gasteiger partial charge in [0, 0.05) is 12.8 Å². The van der Waals surface area contributed by atoms with Crippen LogP contribution in [0.3, 0.4) is 0 Å². The molecule has 6 atom stereocenters. The largest absolute Gasteiger partial charge is 0.460 e. The Bertz CT molecular complexity index is 771. The molecule has 180 valence electrons. The van der Waals surface area contributed by atoms with E-state index in [-0.39, 0.29) is 11.4 Å². The van der Waals surface area contributed by atoms with Gasteiger partial charge in [-0.05, 0) is 100 Å². The van der Waals surface area contributed by atoms with Crippen molar-refractivity contribution in [1.29, 1.82) is 0 Å². The molecule has 0 aromatic heterocycles. The van der Waals surface area contributed by atoms with Crippen LogP contribution < -0.4 is 0 Å². The number of carbonyl (C=O) groups excluding carboxylic acids is 1. The molecule has 4 heteroatoms. The van der Waals surface area contributed by atoms with Gasteiger partial charge in [-0.3, -0.25) is 4.79 Å². The summed E-state index contributed by atoms with van der Waals surface area (Å²) in [5, 5.41) is 20.2. The van der Waals surface area contributed by atoms with Crippen LogP contribution in [0.5, 0.6) is 0 Å². The molecule has 0 aliphatic heterocycles. The third-order valence-electron chi connectivity index (χ3n) is 8.21. The molecule has 0 amide bonds. The predicted molar refractivity (Wildman–Crippen MR) is 129 cm³/mol. The van der Waals surface area contributed by atoms with Crippen molar-refractivity contribution < 1.29 is 19.7 Å². The minimum absolute atomic E-state index is 0.0861. The van der Waals surface area contributed by atoms with Gasteiger partial charge in [-0.1, -0.05) is 38.2 Å². The fourth-order valence-corrected chi connectivity index (χ4v) is 6.62. The zero-order chi connectivity index (χ0) is 23.7. The quantitative estimate of drug-likeness (QED) is 0.519. The summed E-state index contributed by atoms with van der Waals surface area (Å²) < 4.78 is 5.52. The molecule has 2 N–H and O–H groups in total. The number of carbonyl (C=O) groups is 1. The van der Waals surface area contributed by atoms with Gasteiger partial charge in [-0.2, -0.15) is 0 Å². The zero-order valence-corrected chi connectivity index (χ0v) is 20.8. The molecular formula is C28H44O4. The minimum atomic E-state index is -0.637. The zero-order valence-electron chi connectivity index (χ0n) is 20.8. The third kappa shape index (κ3) is 5.75. The fourth-order valence-electron chi connectivity index (χ4n) is 6.62. The summed E-state index contributed by atoms with van der Waals surface area (Å²) >= 11 is 0. The number of hydrogen-bond donors (Lipinski definition) is 2. The topological polar surface area (TPSA) is 66.8 Å². The molecule has 32 heavy (non-hydrogen) atoms. The van der Waals surface area contributed by atoms with Gasteiger partial charge in [-0.15, -0.1) is 0 Å². The number of aliphatic hydroxyl groups excluding tert-OH is 2. The predicted octanol–water partition coefficient (Wildman–Crippen LogP) is 5.89. The molecule has 0 saturated heterocycles. The average molecular weight is 445 g/mol. The second-order valence-corrected chi connectivity index (χ2v) is 11.8. The molecule has 3 aliphatic rings. The summed E-state index contributed by atoms with van der Waals surface area (Å²) in [4.78, 5) is 12.2. The third-order valence-corrected chi connectivity index (χ3v) is 8.21. The second-order valence-electron chi connectivity index (χ2n) is 11.8. The van der Waals surface area contributed by atoms with Crippen LogP contribution >= 0.6 is 0 Å². The number of rotatable bonds is 5. The van der Waals surface area contributed by atoms with Crippen LogP contribution in [-0.4, -0.2) is 34.0 Å². The molecule has 0 spiro atoms. The van der Waals surface area contributed by atoms with Crippen molar-refractivity contribution in [2.75, 3.05) is 0 Å². The summed E-state index contributed by atoms with van der Waals surface area (Å²) in [5.41, 5.74) is 3.11. The number of ether oxygens (including phenoxy) is 1. The molecule has 0 bridgehead atoms. The van der Waals surface area contributed by atoms with Crippen molar-refractivity contribution in [3.63, 3.8) is 0 Å². The van der Waals surface area contributed by atoms with E-state index in [1.165, 1.54) is 31.3 Å². The van der Waals surface area contributed by atoms with Crippen molar-refractivity contribution in [2.24, 2.45) is 23.2 Å². The second kappa shape index (κ2) is 9.85. The van der Waals surface area contributed by atoms with Crippen LogP contribution in [0.15, 0.2) is 35.5 Å². The number of fused-ring (bicyclic) bond motifs is 1. The number of allylic oxidation sites excluding steroid dienone is 3. The first-order chi connectivity index (χ1) is 14.9. The summed E-state index contributed by atoms with van der Waals surface area (Å²) in [6.45, 7) is 14.6. The van der Waals surface area contributed by atoms with Crippen LogP contribution in [-0.2, 0) is 9.53 Å².